The van der Waals surface area contributed by atoms with Crippen molar-refractivity contribution in [2.75, 3.05) is 27.2 Å². The summed E-state index contributed by atoms with van der Waals surface area (Å²) < 4.78 is 11.0. The van der Waals surface area contributed by atoms with Gasteiger partial charge in [0.2, 0.25) is 0 Å². The third-order valence-corrected chi connectivity index (χ3v) is 4.46. The van der Waals surface area contributed by atoms with Crippen LogP contribution in [0.3, 0.4) is 0 Å². The summed E-state index contributed by atoms with van der Waals surface area (Å²) in [5.41, 5.74) is 3.03. The molecule has 1 aromatic heterocycles. The number of fused-ring (bicyclic) bond motifs is 1. The lowest BCUT2D eigenvalue weighted by atomic mass is 10.0. The van der Waals surface area contributed by atoms with E-state index in [1.165, 1.54) is 11.1 Å². The number of rotatable bonds is 5. The number of carbonyl (C=O) groups is 1. The SMILES string of the molecule is Cc1cc(C(=O)NCC(c2ccc3c(c2)CCO3)N(C)C)c(C)o1. The van der Waals surface area contributed by atoms with Crippen LogP contribution in [0.15, 0.2) is 28.7 Å². The first-order chi connectivity index (χ1) is 11.5. The maximum Gasteiger partial charge on any atom is 0.254 e. The molecule has 0 bridgehead atoms. The molecule has 1 aromatic carbocycles. The lowest BCUT2D eigenvalue weighted by Gasteiger charge is -2.25. The Morgan fingerprint density at radius 2 is 2.08 bits per heavy atom. The van der Waals surface area contributed by atoms with Gasteiger partial charge in [0.25, 0.3) is 5.91 Å². The smallest absolute Gasteiger partial charge is 0.254 e. The van der Waals surface area contributed by atoms with Crippen molar-refractivity contribution in [1.29, 1.82) is 0 Å². The molecule has 1 aliphatic rings. The molecule has 0 fully saturated rings. The molecule has 5 heteroatoms. The highest BCUT2D eigenvalue weighted by molar-refractivity contribution is 5.95. The Bertz CT molecular complexity index is 749. The van der Waals surface area contributed by atoms with Crippen LogP contribution < -0.4 is 10.1 Å². The van der Waals surface area contributed by atoms with Crippen molar-refractivity contribution in [2.45, 2.75) is 26.3 Å². The fraction of sp³-hybridized carbons (Fsp3) is 0.421. The summed E-state index contributed by atoms with van der Waals surface area (Å²) in [6.45, 7) is 4.95. The second kappa shape index (κ2) is 6.69. The first-order valence-electron chi connectivity index (χ1n) is 8.23. The quantitative estimate of drug-likeness (QED) is 0.917. The zero-order chi connectivity index (χ0) is 17.3. The van der Waals surface area contributed by atoms with Crippen LogP contribution in [0.2, 0.25) is 0 Å². The minimum absolute atomic E-state index is 0.0966. The summed E-state index contributed by atoms with van der Waals surface area (Å²) in [5.74, 6) is 2.28. The van der Waals surface area contributed by atoms with Crippen LogP contribution in [0.1, 0.15) is 39.0 Å². The number of nitrogens with one attached hydrogen (secondary N) is 1. The molecule has 1 unspecified atom stereocenters. The molecule has 1 amide bonds. The minimum atomic E-state index is -0.0966. The van der Waals surface area contributed by atoms with Gasteiger partial charge in [0.1, 0.15) is 17.3 Å². The topological polar surface area (TPSA) is 54.7 Å². The van der Waals surface area contributed by atoms with E-state index in [1.807, 2.05) is 34.0 Å². The molecular formula is C19H24N2O3. The van der Waals surface area contributed by atoms with E-state index in [4.69, 9.17) is 9.15 Å². The summed E-state index contributed by atoms with van der Waals surface area (Å²) in [6.07, 6.45) is 0.948. The van der Waals surface area contributed by atoms with Gasteiger partial charge in [-0.1, -0.05) is 12.1 Å². The van der Waals surface area contributed by atoms with Crippen molar-refractivity contribution in [3.63, 3.8) is 0 Å². The highest BCUT2D eigenvalue weighted by atomic mass is 16.5. The maximum atomic E-state index is 12.4. The number of hydrogen-bond donors (Lipinski definition) is 1. The lowest BCUT2D eigenvalue weighted by Crippen LogP contribution is -2.34. The third kappa shape index (κ3) is 3.31. The second-order valence-corrected chi connectivity index (χ2v) is 6.48. The number of amides is 1. The van der Waals surface area contributed by atoms with E-state index in [0.717, 1.165) is 24.5 Å². The van der Waals surface area contributed by atoms with Gasteiger partial charge in [-0.2, -0.15) is 0 Å². The fourth-order valence-corrected chi connectivity index (χ4v) is 3.15. The molecule has 128 valence electrons. The highest BCUT2D eigenvalue weighted by Crippen LogP contribution is 2.29. The molecule has 1 N–H and O–H groups in total. The Balaban J connectivity index is 1.73. The van der Waals surface area contributed by atoms with Crippen LogP contribution in [0.4, 0.5) is 0 Å². The normalized spacial score (nSPS) is 14.4. The van der Waals surface area contributed by atoms with Gasteiger partial charge in [0.05, 0.1) is 18.2 Å². The number of hydrogen-bond acceptors (Lipinski definition) is 4. The molecule has 2 heterocycles. The summed E-state index contributed by atoms with van der Waals surface area (Å²) in [5, 5.41) is 3.03. The molecule has 0 saturated carbocycles. The summed E-state index contributed by atoms with van der Waals surface area (Å²) in [7, 11) is 4.04. The monoisotopic (exact) mass is 328 g/mol. The molecule has 24 heavy (non-hydrogen) atoms. The van der Waals surface area contributed by atoms with Gasteiger partial charge in [-0.15, -0.1) is 0 Å². The summed E-state index contributed by atoms with van der Waals surface area (Å²) in [4.78, 5) is 14.5. The molecule has 0 saturated heterocycles. The lowest BCUT2D eigenvalue weighted by molar-refractivity contribution is 0.0940. The average molecular weight is 328 g/mol. The van der Waals surface area contributed by atoms with E-state index < -0.39 is 0 Å². The second-order valence-electron chi connectivity index (χ2n) is 6.48. The number of likely N-dealkylation sites (N-methyl/N-ethyl adjacent to an activating group) is 1. The van der Waals surface area contributed by atoms with Gasteiger partial charge in [-0.3, -0.25) is 4.79 Å². The van der Waals surface area contributed by atoms with Crippen molar-refractivity contribution in [2.24, 2.45) is 0 Å². The zero-order valence-electron chi connectivity index (χ0n) is 14.7. The number of ether oxygens (including phenoxy) is 1. The van der Waals surface area contributed by atoms with Gasteiger partial charge in [0.15, 0.2) is 0 Å². The average Bonchev–Trinajstić information content (AvgIpc) is 3.12. The highest BCUT2D eigenvalue weighted by Gasteiger charge is 2.20. The molecule has 0 spiro atoms. The van der Waals surface area contributed by atoms with Gasteiger partial charge in [-0.25, -0.2) is 0 Å². The van der Waals surface area contributed by atoms with E-state index in [1.54, 1.807) is 6.07 Å². The number of furan rings is 1. The van der Waals surface area contributed by atoms with Crippen LogP contribution in [0.25, 0.3) is 0 Å². The molecule has 1 atom stereocenters. The van der Waals surface area contributed by atoms with Crippen molar-refractivity contribution in [3.05, 3.63) is 52.5 Å². The Labute approximate surface area is 142 Å². The van der Waals surface area contributed by atoms with Gasteiger partial charge in [0, 0.05) is 13.0 Å². The molecule has 0 radical (unpaired) electrons. The molecule has 5 nitrogen and oxygen atoms in total. The van der Waals surface area contributed by atoms with E-state index in [2.05, 4.69) is 22.3 Å². The van der Waals surface area contributed by atoms with Crippen LogP contribution >= 0.6 is 0 Å². The van der Waals surface area contributed by atoms with Crippen LogP contribution in [-0.4, -0.2) is 38.1 Å². The van der Waals surface area contributed by atoms with Crippen molar-refractivity contribution in [1.82, 2.24) is 10.2 Å². The van der Waals surface area contributed by atoms with Crippen LogP contribution in [-0.2, 0) is 6.42 Å². The standard InChI is InChI=1S/C19H24N2O3/c1-12-9-16(13(2)24-12)19(22)20-11-17(21(3)4)14-5-6-18-15(10-14)7-8-23-18/h5-6,9-10,17H,7-8,11H2,1-4H3,(H,20,22). The van der Waals surface area contributed by atoms with Crippen molar-refractivity contribution < 1.29 is 13.9 Å². The largest absolute Gasteiger partial charge is 0.493 e. The molecule has 1 aliphatic heterocycles. The number of nitrogens with zero attached hydrogens (tertiary/aromatic N) is 1. The Morgan fingerprint density at radius 1 is 1.29 bits per heavy atom. The summed E-state index contributed by atoms with van der Waals surface area (Å²) >= 11 is 0. The molecule has 0 aliphatic carbocycles. The molecule has 2 aromatic rings. The van der Waals surface area contributed by atoms with Crippen LogP contribution in [0, 0.1) is 13.8 Å². The van der Waals surface area contributed by atoms with Gasteiger partial charge < -0.3 is 19.4 Å². The zero-order valence-corrected chi connectivity index (χ0v) is 14.7. The van der Waals surface area contributed by atoms with Crippen molar-refractivity contribution >= 4 is 5.91 Å². The van der Waals surface area contributed by atoms with E-state index in [0.29, 0.717) is 17.9 Å². The van der Waals surface area contributed by atoms with Crippen molar-refractivity contribution in [3.8, 4) is 5.75 Å². The van der Waals surface area contributed by atoms with Crippen LogP contribution in [0.5, 0.6) is 5.75 Å². The fourth-order valence-electron chi connectivity index (χ4n) is 3.15. The summed E-state index contributed by atoms with van der Waals surface area (Å²) in [6, 6.07) is 8.18. The van der Waals surface area contributed by atoms with E-state index >= 15 is 0 Å². The number of carbonyl (C=O) groups excluding carboxylic acids is 1. The Hall–Kier alpha value is -2.27. The van der Waals surface area contributed by atoms with E-state index in [-0.39, 0.29) is 11.9 Å². The molecule has 3 rings (SSSR count). The van der Waals surface area contributed by atoms with E-state index in [9.17, 15) is 4.79 Å². The predicted octanol–water partition coefficient (Wildman–Crippen LogP) is 2.86. The minimum Gasteiger partial charge on any atom is -0.493 e. The van der Waals surface area contributed by atoms with Gasteiger partial charge in [-0.05, 0) is 51.2 Å². The first kappa shape index (κ1) is 16.6. The first-order valence-corrected chi connectivity index (χ1v) is 8.23. The predicted molar refractivity (Wildman–Crippen MR) is 92.6 cm³/mol. The Morgan fingerprint density at radius 3 is 2.75 bits per heavy atom. The van der Waals surface area contributed by atoms with Gasteiger partial charge >= 0.3 is 0 Å². The Kier molecular flexibility index (Phi) is 4.62. The number of aryl methyl sites for hydroxylation is 2. The maximum absolute atomic E-state index is 12.4. The number of benzene rings is 1. The third-order valence-electron chi connectivity index (χ3n) is 4.46. The molecular weight excluding hydrogens is 304 g/mol.